The first-order chi connectivity index (χ1) is 15.7. The molecule has 0 bridgehead atoms. The number of carbonyl (C=O) groups is 2. The van der Waals surface area contributed by atoms with Crippen LogP contribution in [0.1, 0.15) is 15.9 Å². The van der Waals surface area contributed by atoms with Crippen LogP contribution in [0.3, 0.4) is 0 Å². The average Bonchev–Trinajstić information content (AvgIpc) is 2.85. The summed E-state index contributed by atoms with van der Waals surface area (Å²) in [5, 5.41) is 3.73. The number of fused-ring (bicyclic) bond motifs is 1. The van der Waals surface area contributed by atoms with Gasteiger partial charge in [0.1, 0.15) is 6.04 Å². The molecule has 1 N–H and O–H groups in total. The summed E-state index contributed by atoms with van der Waals surface area (Å²) in [5.74, 6) is -0.254. The van der Waals surface area contributed by atoms with E-state index in [0.29, 0.717) is 25.1 Å². The highest BCUT2D eigenvalue weighted by atomic mass is 16.2. The molecule has 158 valence electrons. The Morgan fingerprint density at radius 1 is 0.938 bits per heavy atom. The number of hydrogen-bond acceptors (Lipinski definition) is 3. The molecule has 1 aromatic heterocycles. The maximum atomic E-state index is 13.6. The number of benzene rings is 3. The van der Waals surface area contributed by atoms with E-state index in [9.17, 15) is 9.59 Å². The molecule has 2 amide bonds. The van der Waals surface area contributed by atoms with E-state index < -0.39 is 6.04 Å². The largest absolute Gasteiger partial charge is 0.353 e. The van der Waals surface area contributed by atoms with Crippen molar-refractivity contribution in [3.63, 3.8) is 0 Å². The van der Waals surface area contributed by atoms with Gasteiger partial charge in [0.05, 0.1) is 5.52 Å². The van der Waals surface area contributed by atoms with Crippen LogP contribution in [0.2, 0.25) is 0 Å². The lowest BCUT2D eigenvalue weighted by Crippen LogP contribution is -2.58. The van der Waals surface area contributed by atoms with Crippen molar-refractivity contribution in [2.45, 2.75) is 12.5 Å². The molecule has 5 rings (SSSR count). The van der Waals surface area contributed by atoms with E-state index in [-0.39, 0.29) is 11.8 Å². The summed E-state index contributed by atoms with van der Waals surface area (Å²) >= 11 is 0. The number of aromatic nitrogens is 1. The zero-order valence-electron chi connectivity index (χ0n) is 17.6. The van der Waals surface area contributed by atoms with E-state index in [1.807, 2.05) is 60.7 Å². The number of nitrogens with one attached hydrogen (secondary N) is 1. The summed E-state index contributed by atoms with van der Waals surface area (Å²) in [5.41, 5.74) is 4.59. The van der Waals surface area contributed by atoms with Gasteiger partial charge in [0, 0.05) is 36.7 Å². The van der Waals surface area contributed by atoms with Crippen LogP contribution in [0.15, 0.2) is 91.1 Å². The van der Waals surface area contributed by atoms with Gasteiger partial charge in [-0.05, 0) is 34.9 Å². The quantitative estimate of drug-likeness (QED) is 0.540. The van der Waals surface area contributed by atoms with Crippen LogP contribution < -0.4 is 5.32 Å². The number of pyridine rings is 1. The zero-order chi connectivity index (χ0) is 21.9. The Kier molecular flexibility index (Phi) is 5.38. The minimum Gasteiger partial charge on any atom is -0.353 e. The van der Waals surface area contributed by atoms with Crippen LogP contribution in [-0.4, -0.2) is 40.8 Å². The van der Waals surface area contributed by atoms with Gasteiger partial charge in [0.2, 0.25) is 5.91 Å². The minimum absolute atomic E-state index is 0.118. The van der Waals surface area contributed by atoms with Crippen LogP contribution in [0.4, 0.5) is 0 Å². The van der Waals surface area contributed by atoms with Crippen LogP contribution in [-0.2, 0) is 11.2 Å². The minimum atomic E-state index is -0.561. The summed E-state index contributed by atoms with van der Waals surface area (Å²) in [4.78, 5) is 32.5. The Morgan fingerprint density at radius 3 is 2.62 bits per heavy atom. The highest BCUT2D eigenvalue weighted by Gasteiger charge is 2.34. The van der Waals surface area contributed by atoms with Crippen molar-refractivity contribution in [2.24, 2.45) is 0 Å². The summed E-state index contributed by atoms with van der Waals surface area (Å²) in [6, 6.07) is 27.0. The van der Waals surface area contributed by atoms with E-state index in [0.717, 1.165) is 27.6 Å². The normalized spacial score (nSPS) is 16.1. The fourth-order valence-corrected chi connectivity index (χ4v) is 4.34. The van der Waals surface area contributed by atoms with E-state index in [2.05, 4.69) is 34.6 Å². The molecular weight excluding hydrogens is 398 g/mol. The molecule has 1 fully saturated rings. The van der Waals surface area contributed by atoms with Crippen molar-refractivity contribution in [1.29, 1.82) is 0 Å². The van der Waals surface area contributed by atoms with Gasteiger partial charge < -0.3 is 10.2 Å². The van der Waals surface area contributed by atoms with E-state index >= 15 is 0 Å². The Hall–Kier alpha value is -3.99. The second-order valence-electron chi connectivity index (χ2n) is 7.95. The number of rotatable bonds is 4. The number of hydrogen-bond donors (Lipinski definition) is 1. The summed E-state index contributed by atoms with van der Waals surface area (Å²) in [6.07, 6.45) is 2.18. The van der Waals surface area contributed by atoms with E-state index in [1.54, 1.807) is 11.1 Å². The average molecular weight is 422 g/mol. The number of carbonyl (C=O) groups excluding carboxylic acids is 2. The van der Waals surface area contributed by atoms with Gasteiger partial charge in [-0.1, -0.05) is 66.7 Å². The molecule has 1 atom stereocenters. The highest BCUT2D eigenvalue weighted by molar-refractivity contribution is 6.07. The van der Waals surface area contributed by atoms with Crippen LogP contribution in [0, 0.1) is 0 Å². The summed E-state index contributed by atoms with van der Waals surface area (Å²) in [6.45, 7) is 0.929. The lowest BCUT2D eigenvalue weighted by molar-refractivity contribution is -0.127. The van der Waals surface area contributed by atoms with Gasteiger partial charge in [-0.2, -0.15) is 0 Å². The van der Waals surface area contributed by atoms with Gasteiger partial charge >= 0.3 is 0 Å². The second-order valence-corrected chi connectivity index (χ2v) is 7.95. The smallest absolute Gasteiger partial charge is 0.255 e. The predicted molar refractivity (Wildman–Crippen MR) is 125 cm³/mol. The molecule has 5 nitrogen and oxygen atoms in total. The van der Waals surface area contributed by atoms with Gasteiger partial charge in [-0.3, -0.25) is 14.6 Å². The maximum absolute atomic E-state index is 13.6. The van der Waals surface area contributed by atoms with Crippen molar-refractivity contribution < 1.29 is 9.59 Å². The summed E-state index contributed by atoms with van der Waals surface area (Å²) in [7, 11) is 0. The third-order valence-corrected chi connectivity index (χ3v) is 5.93. The highest BCUT2D eigenvalue weighted by Crippen LogP contribution is 2.24. The fraction of sp³-hybridized carbons (Fsp3) is 0.148. The molecule has 3 aromatic carbocycles. The molecule has 0 aliphatic carbocycles. The molecule has 0 saturated carbocycles. The Labute approximate surface area is 186 Å². The topological polar surface area (TPSA) is 62.3 Å². The second kappa shape index (κ2) is 8.63. The molecule has 0 radical (unpaired) electrons. The van der Waals surface area contributed by atoms with Crippen molar-refractivity contribution in [1.82, 2.24) is 15.2 Å². The number of piperazine rings is 1. The third-order valence-electron chi connectivity index (χ3n) is 5.93. The molecular formula is C27H23N3O2. The number of nitrogens with zero attached hydrogens (tertiary/aromatic N) is 2. The molecule has 4 aromatic rings. The van der Waals surface area contributed by atoms with Crippen molar-refractivity contribution in [3.8, 4) is 11.1 Å². The zero-order valence-corrected chi connectivity index (χ0v) is 17.6. The van der Waals surface area contributed by atoms with Gasteiger partial charge in [0.25, 0.3) is 5.91 Å². The monoisotopic (exact) mass is 421 g/mol. The van der Waals surface area contributed by atoms with Crippen molar-refractivity contribution >= 4 is 22.7 Å². The Balaban J connectivity index is 1.46. The van der Waals surface area contributed by atoms with Crippen LogP contribution in [0.5, 0.6) is 0 Å². The molecule has 5 heteroatoms. The molecule has 1 aliphatic rings. The fourth-order valence-electron chi connectivity index (χ4n) is 4.34. The SMILES string of the molecule is O=C1NCCN(C(=O)c2cccc3ncccc23)[C@@H]1Cc1cccc(-c2ccccc2)c1. The van der Waals surface area contributed by atoms with Crippen molar-refractivity contribution in [2.75, 3.05) is 13.1 Å². The van der Waals surface area contributed by atoms with Gasteiger partial charge in [-0.25, -0.2) is 0 Å². The molecule has 1 aliphatic heterocycles. The first-order valence-corrected chi connectivity index (χ1v) is 10.8. The predicted octanol–water partition coefficient (Wildman–Crippen LogP) is 4.09. The van der Waals surface area contributed by atoms with Crippen LogP contribution in [0.25, 0.3) is 22.0 Å². The molecule has 32 heavy (non-hydrogen) atoms. The number of amides is 2. The van der Waals surface area contributed by atoms with Crippen molar-refractivity contribution in [3.05, 3.63) is 102 Å². The van der Waals surface area contributed by atoms with E-state index in [1.165, 1.54) is 0 Å². The summed E-state index contributed by atoms with van der Waals surface area (Å²) < 4.78 is 0. The Bertz CT molecular complexity index is 1280. The molecule has 2 heterocycles. The third kappa shape index (κ3) is 3.85. The van der Waals surface area contributed by atoms with E-state index in [4.69, 9.17) is 0 Å². The van der Waals surface area contributed by atoms with Gasteiger partial charge in [-0.15, -0.1) is 0 Å². The Morgan fingerprint density at radius 2 is 1.75 bits per heavy atom. The van der Waals surface area contributed by atoms with Gasteiger partial charge in [0.15, 0.2) is 0 Å². The molecule has 0 spiro atoms. The lowest BCUT2D eigenvalue weighted by Gasteiger charge is -2.35. The molecule has 1 saturated heterocycles. The first-order valence-electron chi connectivity index (χ1n) is 10.8. The lowest BCUT2D eigenvalue weighted by atomic mass is 9.97. The maximum Gasteiger partial charge on any atom is 0.255 e. The first kappa shape index (κ1) is 19.9. The molecule has 0 unspecified atom stereocenters. The van der Waals surface area contributed by atoms with Crippen LogP contribution >= 0.6 is 0 Å². The standard InChI is InChI=1S/C27H23N3O2/c31-26-25(18-19-7-4-10-21(17-19)20-8-2-1-3-9-20)30(16-15-29-26)27(32)23-11-5-13-24-22(23)12-6-14-28-24/h1-14,17,25H,15-16,18H2,(H,29,31)/t25-/m1/s1.